The molecule has 180 valence electrons. The lowest BCUT2D eigenvalue weighted by Gasteiger charge is -2.23. The predicted molar refractivity (Wildman–Crippen MR) is 132 cm³/mol. The SMILES string of the molecule is CCCCCCCCCCCCC(CCCCCCCCCC)CN(C)CC(=O)O. The molecule has 0 aliphatic carbocycles. The minimum atomic E-state index is -0.706. The van der Waals surface area contributed by atoms with E-state index in [1.54, 1.807) is 0 Å². The molecule has 0 radical (unpaired) electrons. The Balaban J connectivity index is 3.89. The number of carboxylic acids is 1. The van der Waals surface area contributed by atoms with Gasteiger partial charge in [-0.15, -0.1) is 0 Å². The van der Waals surface area contributed by atoms with Gasteiger partial charge in [0.1, 0.15) is 0 Å². The molecular weight excluding hydrogens is 370 g/mol. The van der Waals surface area contributed by atoms with Crippen LogP contribution in [0.5, 0.6) is 0 Å². The van der Waals surface area contributed by atoms with Crippen LogP contribution in [0, 0.1) is 5.92 Å². The van der Waals surface area contributed by atoms with E-state index in [0.29, 0.717) is 5.92 Å². The van der Waals surface area contributed by atoms with E-state index in [2.05, 4.69) is 13.8 Å². The fourth-order valence-corrected chi connectivity index (χ4v) is 4.55. The zero-order chi connectivity index (χ0) is 22.3. The molecule has 30 heavy (non-hydrogen) atoms. The molecule has 0 aliphatic heterocycles. The molecule has 0 spiro atoms. The Kier molecular flexibility index (Phi) is 22.7. The number of rotatable bonds is 24. The second-order valence-electron chi connectivity index (χ2n) is 9.69. The third-order valence-corrected chi connectivity index (χ3v) is 6.41. The molecule has 3 nitrogen and oxygen atoms in total. The van der Waals surface area contributed by atoms with Crippen molar-refractivity contribution < 1.29 is 9.90 Å². The number of nitrogens with zero attached hydrogens (tertiary/aromatic N) is 1. The molecule has 0 bridgehead atoms. The predicted octanol–water partition coefficient (Wildman–Crippen LogP) is 8.46. The maximum Gasteiger partial charge on any atom is 0.317 e. The van der Waals surface area contributed by atoms with Gasteiger partial charge < -0.3 is 5.11 Å². The van der Waals surface area contributed by atoms with Gasteiger partial charge in [0.05, 0.1) is 6.54 Å². The van der Waals surface area contributed by atoms with E-state index in [1.807, 2.05) is 11.9 Å². The molecule has 0 aromatic carbocycles. The van der Waals surface area contributed by atoms with Crippen LogP contribution in [0.15, 0.2) is 0 Å². The minimum absolute atomic E-state index is 0.173. The van der Waals surface area contributed by atoms with E-state index in [1.165, 1.54) is 128 Å². The highest BCUT2D eigenvalue weighted by Crippen LogP contribution is 2.20. The summed E-state index contributed by atoms with van der Waals surface area (Å²) in [6, 6.07) is 0. The molecule has 0 aromatic rings. The number of hydrogen-bond donors (Lipinski definition) is 1. The number of aliphatic carboxylic acids is 1. The van der Waals surface area contributed by atoms with Gasteiger partial charge in [-0.2, -0.15) is 0 Å². The van der Waals surface area contributed by atoms with Crippen molar-refractivity contribution in [2.75, 3.05) is 20.1 Å². The van der Waals surface area contributed by atoms with E-state index < -0.39 is 5.97 Å². The third kappa shape index (κ3) is 22.1. The van der Waals surface area contributed by atoms with Crippen molar-refractivity contribution in [3.05, 3.63) is 0 Å². The summed E-state index contributed by atoms with van der Waals surface area (Å²) in [5, 5.41) is 9.05. The molecule has 0 saturated heterocycles. The maximum atomic E-state index is 11.0. The van der Waals surface area contributed by atoms with E-state index in [0.717, 1.165) is 6.54 Å². The Hall–Kier alpha value is -0.570. The van der Waals surface area contributed by atoms with Crippen LogP contribution in [0.2, 0.25) is 0 Å². The lowest BCUT2D eigenvalue weighted by atomic mass is 9.93. The molecule has 1 unspecified atom stereocenters. The zero-order valence-corrected chi connectivity index (χ0v) is 20.9. The van der Waals surface area contributed by atoms with E-state index in [9.17, 15) is 4.79 Å². The summed E-state index contributed by atoms with van der Waals surface area (Å²) >= 11 is 0. The molecule has 0 amide bonds. The Morgan fingerprint density at radius 3 is 1.30 bits per heavy atom. The van der Waals surface area contributed by atoms with Gasteiger partial charge in [0.2, 0.25) is 0 Å². The first-order valence-electron chi connectivity index (χ1n) is 13.5. The van der Waals surface area contributed by atoms with Crippen LogP contribution in [0.1, 0.15) is 142 Å². The topological polar surface area (TPSA) is 40.5 Å². The van der Waals surface area contributed by atoms with Gasteiger partial charge in [0.25, 0.3) is 0 Å². The van der Waals surface area contributed by atoms with Crippen molar-refractivity contribution in [2.45, 2.75) is 142 Å². The van der Waals surface area contributed by atoms with E-state index in [4.69, 9.17) is 5.11 Å². The molecular formula is C27H55NO2. The lowest BCUT2D eigenvalue weighted by Crippen LogP contribution is -2.30. The molecule has 0 saturated carbocycles. The zero-order valence-electron chi connectivity index (χ0n) is 20.9. The van der Waals surface area contributed by atoms with Gasteiger partial charge in [0, 0.05) is 6.54 Å². The van der Waals surface area contributed by atoms with Crippen molar-refractivity contribution in [2.24, 2.45) is 5.92 Å². The molecule has 1 atom stereocenters. The Bertz CT molecular complexity index is 359. The van der Waals surface area contributed by atoms with Gasteiger partial charge in [-0.05, 0) is 25.8 Å². The van der Waals surface area contributed by atoms with Crippen LogP contribution in [-0.2, 0) is 4.79 Å². The highest BCUT2D eigenvalue weighted by Gasteiger charge is 2.13. The quantitative estimate of drug-likeness (QED) is 0.158. The Morgan fingerprint density at radius 2 is 0.967 bits per heavy atom. The number of likely N-dealkylation sites (N-methyl/N-ethyl adjacent to an activating group) is 1. The van der Waals surface area contributed by atoms with Crippen LogP contribution in [-0.4, -0.2) is 36.1 Å². The first-order valence-corrected chi connectivity index (χ1v) is 13.5. The summed E-state index contributed by atoms with van der Waals surface area (Å²) in [5.74, 6) is -0.0363. The highest BCUT2D eigenvalue weighted by atomic mass is 16.4. The number of hydrogen-bond acceptors (Lipinski definition) is 2. The monoisotopic (exact) mass is 425 g/mol. The fourth-order valence-electron chi connectivity index (χ4n) is 4.55. The standard InChI is InChI=1S/C27H55NO2/c1-4-6-8-10-12-14-15-17-19-21-23-26(24-28(3)25-27(29)30)22-20-18-16-13-11-9-7-5-2/h26H,4-25H2,1-3H3,(H,29,30). The summed E-state index contributed by atoms with van der Waals surface area (Å²) in [6.45, 7) is 5.67. The molecule has 0 fully saturated rings. The van der Waals surface area contributed by atoms with Crippen LogP contribution in [0.3, 0.4) is 0 Å². The first-order chi connectivity index (χ1) is 14.6. The molecule has 1 N–H and O–H groups in total. The Labute approximate surface area is 189 Å². The van der Waals surface area contributed by atoms with Gasteiger partial charge in [-0.3, -0.25) is 9.69 Å². The summed E-state index contributed by atoms with van der Waals surface area (Å²) in [7, 11) is 1.97. The molecule has 0 aliphatic rings. The van der Waals surface area contributed by atoms with Crippen molar-refractivity contribution in [1.82, 2.24) is 4.90 Å². The molecule has 0 rings (SSSR count). The van der Waals surface area contributed by atoms with Gasteiger partial charge >= 0.3 is 5.97 Å². The summed E-state index contributed by atoms with van der Waals surface area (Å²) in [5.41, 5.74) is 0. The molecule has 0 aromatic heterocycles. The minimum Gasteiger partial charge on any atom is -0.480 e. The average Bonchev–Trinajstić information content (AvgIpc) is 2.70. The van der Waals surface area contributed by atoms with Gasteiger partial charge in [0.15, 0.2) is 0 Å². The second kappa shape index (κ2) is 23.1. The second-order valence-corrected chi connectivity index (χ2v) is 9.69. The maximum absolute atomic E-state index is 11.0. The summed E-state index contributed by atoms with van der Waals surface area (Å²) in [4.78, 5) is 13.0. The van der Waals surface area contributed by atoms with Crippen molar-refractivity contribution in [1.29, 1.82) is 0 Å². The molecule has 3 heteroatoms. The average molecular weight is 426 g/mol. The summed E-state index contributed by atoms with van der Waals surface area (Å²) < 4.78 is 0. The first kappa shape index (κ1) is 29.4. The van der Waals surface area contributed by atoms with Crippen LogP contribution in [0.4, 0.5) is 0 Å². The fraction of sp³-hybridized carbons (Fsp3) is 0.963. The van der Waals surface area contributed by atoms with Crippen molar-refractivity contribution in [3.63, 3.8) is 0 Å². The van der Waals surface area contributed by atoms with Crippen molar-refractivity contribution in [3.8, 4) is 0 Å². The molecule has 0 heterocycles. The lowest BCUT2D eigenvalue weighted by molar-refractivity contribution is -0.138. The highest BCUT2D eigenvalue weighted by molar-refractivity contribution is 5.68. The van der Waals surface area contributed by atoms with Crippen molar-refractivity contribution >= 4 is 5.97 Å². The number of carbonyl (C=O) groups is 1. The normalized spacial score (nSPS) is 12.5. The smallest absolute Gasteiger partial charge is 0.317 e. The van der Waals surface area contributed by atoms with Crippen LogP contribution < -0.4 is 0 Å². The van der Waals surface area contributed by atoms with E-state index in [-0.39, 0.29) is 6.54 Å². The van der Waals surface area contributed by atoms with Gasteiger partial charge in [-0.1, -0.05) is 129 Å². The van der Waals surface area contributed by atoms with Gasteiger partial charge in [-0.25, -0.2) is 0 Å². The van der Waals surface area contributed by atoms with Crippen LogP contribution >= 0.6 is 0 Å². The van der Waals surface area contributed by atoms with E-state index >= 15 is 0 Å². The largest absolute Gasteiger partial charge is 0.480 e. The third-order valence-electron chi connectivity index (χ3n) is 6.41. The van der Waals surface area contributed by atoms with Crippen LogP contribution in [0.25, 0.3) is 0 Å². The summed E-state index contributed by atoms with van der Waals surface area (Å²) in [6.07, 6.45) is 27.3. The number of carboxylic acid groups (broad SMARTS) is 1. The Morgan fingerprint density at radius 1 is 0.633 bits per heavy atom. The number of unbranched alkanes of at least 4 members (excludes halogenated alkanes) is 16.